The number of carboxylic acids is 1. The molecule has 2 aliphatic rings. The predicted molar refractivity (Wildman–Crippen MR) is 108 cm³/mol. The number of hydrogen-bond donors (Lipinski definition) is 2. The number of aliphatic carboxylic acids is 1. The van der Waals surface area contributed by atoms with Gasteiger partial charge in [-0.05, 0) is 21.6 Å². The molecule has 3 atom stereocenters. The van der Waals surface area contributed by atoms with Crippen LogP contribution in [0.3, 0.4) is 0 Å². The van der Waals surface area contributed by atoms with Crippen molar-refractivity contribution in [1.82, 2.24) is 30.4 Å². The summed E-state index contributed by atoms with van der Waals surface area (Å²) in [6, 6.07) is 7.40. The van der Waals surface area contributed by atoms with E-state index in [1.165, 1.54) is 28.2 Å². The summed E-state index contributed by atoms with van der Waals surface area (Å²) < 4.78 is 1.46. The van der Waals surface area contributed by atoms with Gasteiger partial charge in [0.25, 0.3) is 11.8 Å². The standard InChI is InChI=1S/C18H18N6O5S2.Na/c1-23-18(20-21-22-23)31-8-10-7-30-16-11(15(27)24(16)12(10)17(28)29)19-14(26)13(25)9-5-3-2-4-6-9;/h2-6,11,13,16,25H,7-8H2,1H3,(H,19,26)(H,28,29);/q;+1/p-1/t11-,13+,16+;/m1./s1. The molecule has 1 fully saturated rings. The number of thioether (sulfide) groups is 2. The molecule has 0 unspecified atom stereocenters. The summed E-state index contributed by atoms with van der Waals surface area (Å²) in [5.74, 6) is -2.14. The van der Waals surface area contributed by atoms with Crippen LogP contribution in [0.25, 0.3) is 0 Å². The molecule has 3 heterocycles. The zero-order chi connectivity index (χ0) is 22.1. The molecule has 14 heteroatoms. The second-order valence-corrected chi connectivity index (χ2v) is 8.87. The average molecular weight is 484 g/mol. The third kappa shape index (κ3) is 4.72. The topological polar surface area (TPSA) is 153 Å². The first-order valence-corrected chi connectivity index (χ1v) is 11.2. The molecule has 11 nitrogen and oxygen atoms in total. The van der Waals surface area contributed by atoms with Crippen LogP contribution in [0.15, 0.2) is 46.8 Å². The molecule has 0 spiro atoms. The molecular weight excluding hydrogens is 467 g/mol. The molecule has 2 amide bonds. The van der Waals surface area contributed by atoms with Crippen LogP contribution in [0.2, 0.25) is 0 Å². The van der Waals surface area contributed by atoms with Gasteiger partial charge in [-0.15, -0.1) is 16.9 Å². The normalized spacial score (nSPS) is 20.7. The van der Waals surface area contributed by atoms with Crippen LogP contribution in [0.4, 0.5) is 0 Å². The number of aliphatic hydroxyl groups excluding tert-OH is 1. The molecular formula is C18H17N6NaO5S2. The third-order valence-electron chi connectivity index (χ3n) is 4.86. The van der Waals surface area contributed by atoms with Gasteiger partial charge in [0.2, 0.25) is 5.16 Å². The van der Waals surface area contributed by atoms with Crippen LogP contribution in [0, 0.1) is 0 Å². The average Bonchev–Trinajstić information content (AvgIpc) is 3.19. The molecule has 1 saturated heterocycles. The summed E-state index contributed by atoms with van der Waals surface area (Å²) >= 11 is 2.58. The number of nitrogens with zero attached hydrogens (tertiary/aromatic N) is 5. The summed E-state index contributed by atoms with van der Waals surface area (Å²) in [5.41, 5.74) is 0.718. The maximum atomic E-state index is 12.7. The Morgan fingerprint density at radius 2 is 2.09 bits per heavy atom. The third-order valence-corrected chi connectivity index (χ3v) is 7.30. The van der Waals surface area contributed by atoms with Crippen molar-refractivity contribution >= 4 is 41.3 Å². The molecule has 2 N–H and O–H groups in total. The molecule has 0 radical (unpaired) electrons. The predicted octanol–water partition coefficient (Wildman–Crippen LogP) is -4.56. The summed E-state index contributed by atoms with van der Waals surface area (Å²) in [5, 5.41) is 35.6. The minimum Gasteiger partial charge on any atom is -0.543 e. The first-order valence-electron chi connectivity index (χ1n) is 9.15. The maximum absolute atomic E-state index is 12.7. The number of aliphatic hydroxyl groups is 1. The van der Waals surface area contributed by atoms with Gasteiger partial charge in [-0.3, -0.25) is 14.5 Å². The van der Waals surface area contributed by atoms with Crippen molar-refractivity contribution in [2.45, 2.75) is 22.7 Å². The van der Waals surface area contributed by atoms with Gasteiger partial charge in [0.05, 0.1) is 11.7 Å². The van der Waals surface area contributed by atoms with E-state index in [9.17, 15) is 24.6 Å². The van der Waals surface area contributed by atoms with Gasteiger partial charge in [-0.2, -0.15) is 0 Å². The Morgan fingerprint density at radius 1 is 1.38 bits per heavy atom. The number of hydrogen-bond acceptors (Lipinski definition) is 10. The van der Waals surface area contributed by atoms with Crippen molar-refractivity contribution in [3.63, 3.8) is 0 Å². The van der Waals surface area contributed by atoms with E-state index in [0.717, 1.165) is 4.90 Å². The van der Waals surface area contributed by atoms with Crippen molar-refractivity contribution in [3.05, 3.63) is 47.2 Å². The summed E-state index contributed by atoms with van der Waals surface area (Å²) in [6.45, 7) is 0. The Hall–Kier alpha value is -1.90. The Balaban J connectivity index is 0.00000289. The number of fused-ring (bicyclic) bond motifs is 1. The SMILES string of the molecule is Cn1nnnc1SCC1=C(C(=O)[O-])N2C(=O)[C@@H](NC(=O)[C@@H](O)c3ccccc3)[C@@H]2SC1.[Na+]. The molecule has 2 aliphatic heterocycles. The molecule has 1 aromatic heterocycles. The van der Waals surface area contributed by atoms with Crippen LogP contribution in [0.1, 0.15) is 11.7 Å². The fourth-order valence-corrected chi connectivity index (χ4v) is 5.63. The van der Waals surface area contributed by atoms with E-state index in [0.29, 0.717) is 22.0 Å². The van der Waals surface area contributed by atoms with E-state index in [1.54, 1.807) is 37.4 Å². The van der Waals surface area contributed by atoms with Crippen molar-refractivity contribution < 1.29 is 54.2 Å². The van der Waals surface area contributed by atoms with Gasteiger partial charge in [0, 0.05) is 18.6 Å². The fourth-order valence-electron chi connectivity index (χ4n) is 3.30. The number of amides is 2. The minimum absolute atomic E-state index is 0. The Kier molecular flexibility index (Phi) is 8.01. The summed E-state index contributed by atoms with van der Waals surface area (Å²) in [4.78, 5) is 38.0. The van der Waals surface area contributed by atoms with Gasteiger partial charge in [0.1, 0.15) is 11.4 Å². The van der Waals surface area contributed by atoms with Crippen molar-refractivity contribution in [3.8, 4) is 0 Å². The van der Waals surface area contributed by atoms with E-state index in [1.807, 2.05) is 0 Å². The van der Waals surface area contributed by atoms with Gasteiger partial charge < -0.3 is 20.3 Å². The fraction of sp³-hybridized carbons (Fsp3) is 0.333. The largest absolute Gasteiger partial charge is 1.00 e. The van der Waals surface area contributed by atoms with Crippen LogP contribution in [-0.2, 0) is 21.4 Å². The van der Waals surface area contributed by atoms with Gasteiger partial charge >= 0.3 is 29.6 Å². The van der Waals surface area contributed by atoms with Crippen LogP contribution < -0.4 is 40.0 Å². The molecule has 2 aromatic rings. The van der Waals surface area contributed by atoms with Crippen LogP contribution in [-0.4, -0.2) is 70.9 Å². The van der Waals surface area contributed by atoms with Crippen molar-refractivity contribution in [1.29, 1.82) is 0 Å². The number of carbonyl (C=O) groups excluding carboxylic acids is 3. The quantitative estimate of drug-likeness (QED) is 0.223. The van der Waals surface area contributed by atoms with E-state index < -0.39 is 35.3 Å². The number of β-lactam (4-membered cyclic amide) rings is 1. The number of aryl methyl sites for hydroxylation is 1. The number of tetrazole rings is 1. The second kappa shape index (κ2) is 10.4. The van der Waals surface area contributed by atoms with E-state index >= 15 is 0 Å². The number of carbonyl (C=O) groups is 3. The molecule has 1 aromatic carbocycles. The Labute approximate surface area is 213 Å². The van der Waals surface area contributed by atoms with Crippen molar-refractivity contribution in [2.75, 3.05) is 11.5 Å². The molecule has 0 aliphatic carbocycles. The first kappa shape index (κ1) is 24.7. The number of aromatic nitrogens is 4. The summed E-state index contributed by atoms with van der Waals surface area (Å²) in [6.07, 6.45) is -1.43. The monoisotopic (exact) mass is 484 g/mol. The number of carboxylic acid groups (broad SMARTS) is 1. The minimum atomic E-state index is -1.46. The maximum Gasteiger partial charge on any atom is 1.00 e. The van der Waals surface area contributed by atoms with Gasteiger partial charge in [-0.25, -0.2) is 4.68 Å². The molecule has 0 bridgehead atoms. The van der Waals surface area contributed by atoms with Crippen LogP contribution in [0.5, 0.6) is 0 Å². The van der Waals surface area contributed by atoms with E-state index in [4.69, 9.17) is 0 Å². The molecule has 4 rings (SSSR count). The smallest absolute Gasteiger partial charge is 0.543 e. The zero-order valence-corrected chi connectivity index (χ0v) is 20.8. The summed E-state index contributed by atoms with van der Waals surface area (Å²) in [7, 11) is 1.66. The van der Waals surface area contributed by atoms with Gasteiger partial charge in [-0.1, -0.05) is 42.1 Å². The molecule has 32 heavy (non-hydrogen) atoms. The second-order valence-electron chi connectivity index (χ2n) is 6.82. The number of rotatable bonds is 7. The first-order chi connectivity index (χ1) is 14.9. The van der Waals surface area contributed by atoms with E-state index in [2.05, 4.69) is 20.8 Å². The zero-order valence-electron chi connectivity index (χ0n) is 17.2. The number of benzene rings is 1. The number of nitrogens with one attached hydrogen (secondary N) is 1. The van der Waals surface area contributed by atoms with Crippen molar-refractivity contribution in [2.24, 2.45) is 7.05 Å². The Bertz CT molecular complexity index is 1070. The van der Waals surface area contributed by atoms with E-state index in [-0.39, 0.29) is 41.0 Å². The van der Waals surface area contributed by atoms with Crippen LogP contribution >= 0.6 is 23.5 Å². The van der Waals surface area contributed by atoms with Gasteiger partial charge in [0.15, 0.2) is 6.10 Å². The Morgan fingerprint density at radius 3 is 2.72 bits per heavy atom. The molecule has 162 valence electrons. The molecule has 0 saturated carbocycles.